The second-order valence-corrected chi connectivity index (χ2v) is 4.05. The summed E-state index contributed by atoms with van der Waals surface area (Å²) >= 11 is 5.62. The van der Waals surface area contributed by atoms with Crippen molar-refractivity contribution in [3.63, 3.8) is 0 Å². The molecular weight excluding hydrogens is 296 g/mol. The number of benzene rings is 1. The topological polar surface area (TPSA) is 37.4 Å². The number of Topliss-reactive ketones (excluding diaryl/α,β-unsaturated/α-hetero) is 1. The molecule has 0 bridgehead atoms. The molecule has 0 radical (unpaired) electrons. The van der Waals surface area contributed by atoms with Gasteiger partial charge >= 0.3 is 58.4 Å². The Hall–Kier alpha value is 0.141. The Morgan fingerprint density at radius 1 is 1.22 bits per heavy atom. The Kier molecular flexibility index (Phi) is 5.07. The van der Waals surface area contributed by atoms with Gasteiger partial charge in [-0.2, -0.15) is 0 Å². The minimum atomic E-state index is -5.19. The first-order valence-electron chi connectivity index (χ1n) is 4.66. The van der Waals surface area contributed by atoms with Crippen molar-refractivity contribution in [3.8, 4) is 0 Å². The maximum atomic E-state index is 12.3. The van der Waals surface area contributed by atoms with E-state index in [0.29, 0.717) is 4.90 Å². The van der Waals surface area contributed by atoms with Gasteiger partial charge in [0.1, 0.15) is 0 Å². The van der Waals surface area contributed by atoms with Gasteiger partial charge in [-0.05, 0) is 24.6 Å². The predicted molar refractivity (Wildman–Crippen MR) is 57.2 cm³/mol. The molecule has 0 spiro atoms. The normalized spacial score (nSPS) is 14.6. The molecule has 3 nitrogen and oxygen atoms in total. The van der Waals surface area contributed by atoms with Crippen LogP contribution in [-0.2, 0) is 4.79 Å². The number of nitrogens with zero attached hydrogens (tertiary/aromatic N) is 1. The Bertz CT molecular complexity index is 523. The van der Waals surface area contributed by atoms with Crippen LogP contribution >= 0.6 is 11.6 Å². The molecule has 1 aliphatic rings. The number of ketones is 1. The van der Waals surface area contributed by atoms with Crippen molar-refractivity contribution in [2.75, 3.05) is 11.3 Å². The average Bonchev–Trinajstić information content (AvgIpc) is 2.42. The molecule has 1 aliphatic heterocycles. The third kappa shape index (κ3) is 3.17. The molecule has 1 amide bonds. The van der Waals surface area contributed by atoms with E-state index in [4.69, 9.17) is 11.6 Å². The Morgan fingerprint density at radius 3 is 2.39 bits per heavy atom. The van der Waals surface area contributed by atoms with E-state index in [-0.39, 0.29) is 67.7 Å². The van der Waals surface area contributed by atoms with Crippen LogP contribution in [0.15, 0.2) is 18.2 Å². The third-order valence-electron chi connectivity index (χ3n) is 2.32. The van der Waals surface area contributed by atoms with Gasteiger partial charge in [-0.3, -0.25) is 9.59 Å². The zero-order valence-electron chi connectivity index (χ0n) is 9.29. The molecule has 1 heterocycles. The zero-order valence-corrected chi connectivity index (χ0v) is 13.2. The molecular formula is C9H5BClF3KNO2. The summed E-state index contributed by atoms with van der Waals surface area (Å²) in [7, 11) is 0. The van der Waals surface area contributed by atoms with Gasteiger partial charge in [0, 0.05) is 5.02 Å². The van der Waals surface area contributed by atoms with Crippen LogP contribution in [0.2, 0.25) is 5.02 Å². The second kappa shape index (κ2) is 5.64. The molecule has 9 heteroatoms. The van der Waals surface area contributed by atoms with Crippen molar-refractivity contribution in [3.05, 3.63) is 28.8 Å². The van der Waals surface area contributed by atoms with E-state index in [1.165, 1.54) is 18.2 Å². The van der Waals surface area contributed by atoms with Gasteiger partial charge in [0.05, 0.1) is 11.3 Å². The maximum absolute atomic E-state index is 12.3. The van der Waals surface area contributed by atoms with Crippen LogP contribution in [0, 0.1) is 0 Å². The summed E-state index contributed by atoms with van der Waals surface area (Å²) in [6.07, 6.45) is -1.42. The first-order chi connectivity index (χ1) is 7.79. The summed E-state index contributed by atoms with van der Waals surface area (Å²) in [6.45, 7) is -5.19. The van der Waals surface area contributed by atoms with Gasteiger partial charge in [0.2, 0.25) is 0 Å². The first kappa shape index (κ1) is 16.2. The van der Waals surface area contributed by atoms with Gasteiger partial charge in [0.15, 0.2) is 0 Å². The standard InChI is InChI=1S/C9H5BClF3NO2.K/c11-5-1-2-7-6(3-5)8(16)9(17)15(7)4-10(12,13)14;/h1-3H,4H2;/q-1;+1. The molecule has 18 heavy (non-hydrogen) atoms. The van der Waals surface area contributed by atoms with Crippen LogP contribution in [0.1, 0.15) is 10.4 Å². The minimum absolute atomic E-state index is 0. The Balaban J connectivity index is 0.00000162. The van der Waals surface area contributed by atoms with E-state index in [0.717, 1.165) is 0 Å². The van der Waals surface area contributed by atoms with Crippen LogP contribution in [0.3, 0.4) is 0 Å². The molecule has 0 fully saturated rings. The fraction of sp³-hybridized carbons (Fsp3) is 0.111. The number of carbonyl (C=O) groups is 2. The number of anilines is 1. The van der Waals surface area contributed by atoms with Crippen LogP contribution in [0.25, 0.3) is 0 Å². The minimum Gasteiger partial charge on any atom is -0.448 e. The smallest absolute Gasteiger partial charge is 0.448 e. The molecule has 90 valence electrons. The fourth-order valence-electron chi connectivity index (χ4n) is 1.66. The monoisotopic (exact) mass is 301 g/mol. The molecule has 0 aromatic heterocycles. The van der Waals surface area contributed by atoms with E-state index >= 15 is 0 Å². The van der Waals surface area contributed by atoms with E-state index in [1.807, 2.05) is 0 Å². The summed E-state index contributed by atoms with van der Waals surface area (Å²) in [6, 6.07) is 3.77. The van der Waals surface area contributed by atoms with Crippen molar-refractivity contribution >= 4 is 36.0 Å². The van der Waals surface area contributed by atoms with Crippen molar-refractivity contribution in [2.24, 2.45) is 0 Å². The van der Waals surface area contributed by atoms with Gasteiger partial charge in [-0.25, -0.2) is 0 Å². The predicted octanol–water partition coefficient (Wildman–Crippen LogP) is -0.740. The van der Waals surface area contributed by atoms with E-state index in [9.17, 15) is 22.5 Å². The second-order valence-electron chi connectivity index (χ2n) is 3.62. The van der Waals surface area contributed by atoms with Gasteiger partial charge in [0.25, 0.3) is 11.7 Å². The Labute approximate surface area is 148 Å². The van der Waals surface area contributed by atoms with Crippen LogP contribution in [0.4, 0.5) is 18.6 Å². The van der Waals surface area contributed by atoms with Gasteiger partial charge in [-0.1, -0.05) is 11.6 Å². The van der Waals surface area contributed by atoms with Gasteiger partial charge in [-0.15, -0.1) is 0 Å². The Morgan fingerprint density at radius 2 is 1.83 bits per heavy atom. The molecule has 0 N–H and O–H groups in total. The molecule has 0 atom stereocenters. The molecule has 0 aliphatic carbocycles. The average molecular weight is 302 g/mol. The van der Waals surface area contributed by atoms with Crippen LogP contribution < -0.4 is 56.3 Å². The van der Waals surface area contributed by atoms with Gasteiger partial charge < -0.3 is 17.8 Å². The van der Waals surface area contributed by atoms with E-state index in [1.54, 1.807) is 0 Å². The molecule has 0 saturated heterocycles. The molecule has 2 rings (SSSR count). The molecule has 1 aromatic carbocycles. The van der Waals surface area contributed by atoms with Crippen molar-refractivity contribution in [1.82, 2.24) is 0 Å². The number of carbonyl (C=O) groups excluding carboxylic acids is 2. The number of amides is 1. The van der Waals surface area contributed by atoms with Crippen LogP contribution in [-0.4, -0.2) is 25.1 Å². The SMILES string of the molecule is O=C1C(=O)N(C[B-](F)(F)F)c2ccc(Cl)cc21.[K+]. The third-order valence-corrected chi connectivity index (χ3v) is 2.56. The molecule has 0 saturated carbocycles. The number of hydrogen-bond acceptors (Lipinski definition) is 2. The fourth-order valence-corrected chi connectivity index (χ4v) is 1.83. The summed E-state index contributed by atoms with van der Waals surface area (Å²) < 4.78 is 36.9. The van der Waals surface area contributed by atoms with Crippen molar-refractivity contribution < 1.29 is 73.9 Å². The summed E-state index contributed by atoms with van der Waals surface area (Å²) in [5, 5.41) is 0.198. The van der Waals surface area contributed by atoms with Crippen molar-refractivity contribution in [2.45, 2.75) is 0 Å². The maximum Gasteiger partial charge on any atom is 1.00 e. The zero-order chi connectivity index (χ0) is 12.8. The number of rotatable bonds is 2. The summed E-state index contributed by atoms with van der Waals surface area (Å²) in [5.41, 5.74) is -0.119. The van der Waals surface area contributed by atoms with Crippen LogP contribution in [0.5, 0.6) is 0 Å². The van der Waals surface area contributed by atoms with E-state index in [2.05, 4.69) is 0 Å². The summed E-state index contributed by atoms with van der Waals surface area (Å²) in [5.74, 6) is -2.12. The molecule has 1 aromatic rings. The van der Waals surface area contributed by atoms with E-state index < -0.39 is 25.1 Å². The summed E-state index contributed by atoms with van der Waals surface area (Å²) in [4.78, 5) is 23.3. The number of fused-ring (bicyclic) bond motifs is 1. The number of halogens is 4. The first-order valence-corrected chi connectivity index (χ1v) is 5.04. The number of hydrogen-bond donors (Lipinski definition) is 0. The van der Waals surface area contributed by atoms with Crippen molar-refractivity contribution in [1.29, 1.82) is 0 Å². The largest absolute Gasteiger partial charge is 1.00 e. The molecule has 0 unspecified atom stereocenters. The quantitative estimate of drug-likeness (QED) is 0.533.